The molecule has 1 N–H and O–H groups in total. The largest absolute Gasteiger partial charge is 0.396 e. The van der Waals surface area contributed by atoms with Crippen molar-refractivity contribution in [1.82, 2.24) is 0 Å². The van der Waals surface area contributed by atoms with Crippen molar-refractivity contribution in [2.75, 3.05) is 12.9 Å². The van der Waals surface area contributed by atoms with E-state index in [2.05, 4.69) is 40.4 Å². The number of thioether (sulfide) groups is 1. The Labute approximate surface area is 91.7 Å². The maximum atomic E-state index is 8.72. The normalized spacial score (nSPS) is 10.4. The minimum absolute atomic E-state index is 0.260. The second-order valence-electron chi connectivity index (χ2n) is 2.78. The van der Waals surface area contributed by atoms with Gasteiger partial charge in [0, 0.05) is 16.0 Å². The molecule has 0 aromatic heterocycles. The summed E-state index contributed by atoms with van der Waals surface area (Å²) in [4.78, 5) is 1.27. The van der Waals surface area contributed by atoms with Crippen molar-refractivity contribution < 1.29 is 5.11 Å². The number of hydrogen-bond donors (Lipinski definition) is 1. The molecular weight excluding hydrogens is 248 g/mol. The Morgan fingerprint density at radius 3 is 2.85 bits per heavy atom. The summed E-state index contributed by atoms with van der Waals surface area (Å²) in [6.07, 6.45) is 3.83. The first-order chi connectivity index (χ1) is 6.27. The van der Waals surface area contributed by atoms with Crippen LogP contribution in [0.3, 0.4) is 0 Å². The van der Waals surface area contributed by atoms with Crippen LogP contribution in [-0.2, 0) is 6.42 Å². The third-order valence-corrected chi connectivity index (χ3v) is 3.36. The number of halogens is 1. The lowest BCUT2D eigenvalue weighted by atomic mass is 10.1. The fourth-order valence-electron chi connectivity index (χ4n) is 1.14. The summed E-state index contributed by atoms with van der Waals surface area (Å²) < 4.78 is 1.14. The van der Waals surface area contributed by atoms with E-state index in [-0.39, 0.29) is 6.61 Å². The van der Waals surface area contributed by atoms with E-state index in [0.29, 0.717) is 0 Å². The molecule has 0 fully saturated rings. The van der Waals surface area contributed by atoms with Crippen LogP contribution in [0.2, 0.25) is 0 Å². The van der Waals surface area contributed by atoms with Gasteiger partial charge in [-0.2, -0.15) is 0 Å². The standard InChI is InChI=1S/C10H13BrOS/c1-13-9-4-5-10(11)8(7-9)3-2-6-12/h4-5,7,12H,2-3,6H2,1H3. The summed E-state index contributed by atoms with van der Waals surface area (Å²) in [5.41, 5.74) is 1.28. The molecule has 3 heteroatoms. The van der Waals surface area contributed by atoms with E-state index in [4.69, 9.17) is 5.11 Å². The van der Waals surface area contributed by atoms with Crippen molar-refractivity contribution in [2.24, 2.45) is 0 Å². The molecule has 0 unspecified atom stereocenters. The fourth-order valence-corrected chi connectivity index (χ4v) is 2.05. The predicted molar refractivity (Wildman–Crippen MR) is 61.3 cm³/mol. The lowest BCUT2D eigenvalue weighted by molar-refractivity contribution is 0.288. The van der Waals surface area contributed by atoms with Gasteiger partial charge in [-0.1, -0.05) is 15.9 Å². The summed E-state index contributed by atoms with van der Waals surface area (Å²) in [6.45, 7) is 0.260. The highest BCUT2D eigenvalue weighted by atomic mass is 79.9. The molecule has 0 aliphatic rings. The minimum Gasteiger partial charge on any atom is -0.396 e. The van der Waals surface area contributed by atoms with Gasteiger partial charge in [-0.15, -0.1) is 11.8 Å². The molecule has 72 valence electrons. The molecule has 1 aromatic carbocycles. The molecule has 0 amide bonds. The summed E-state index contributed by atoms with van der Waals surface area (Å²) in [7, 11) is 0. The summed E-state index contributed by atoms with van der Waals surface area (Å²) in [5.74, 6) is 0. The van der Waals surface area contributed by atoms with Crippen LogP contribution in [0.15, 0.2) is 27.6 Å². The van der Waals surface area contributed by atoms with Gasteiger partial charge in [-0.25, -0.2) is 0 Å². The first kappa shape index (κ1) is 11.1. The van der Waals surface area contributed by atoms with Gasteiger partial charge in [0.1, 0.15) is 0 Å². The van der Waals surface area contributed by atoms with Crippen LogP contribution in [0.25, 0.3) is 0 Å². The Morgan fingerprint density at radius 2 is 2.23 bits per heavy atom. The fraction of sp³-hybridized carbons (Fsp3) is 0.400. The van der Waals surface area contributed by atoms with E-state index in [0.717, 1.165) is 17.3 Å². The zero-order chi connectivity index (χ0) is 9.68. The molecule has 0 heterocycles. The Morgan fingerprint density at radius 1 is 1.46 bits per heavy atom. The topological polar surface area (TPSA) is 20.2 Å². The number of aliphatic hydroxyl groups excluding tert-OH is 1. The highest BCUT2D eigenvalue weighted by Crippen LogP contribution is 2.24. The zero-order valence-electron chi connectivity index (χ0n) is 7.59. The van der Waals surface area contributed by atoms with Gasteiger partial charge in [0.05, 0.1) is 0 Å². The molecule has 1 rings (SSSR count). The Bertz CT molecular complexity index is 276. The maximum Gasteiger partial charge on any atom is 0.0434 e. The van der Waals surface area contributed by atoms with Gasteiger partial charge < -0.3 is 5.11 Å². The highest BCUT2D eigenvalue weighted by Gasteiger charge is 2.00. The summed E-state index contributed by atoms with van der Waals surface area (Å²) >= 11 is 5.24. The Kier molecular flexibility index (Phi) is 4.84. The molecule has 0 aliphatic heterocycles. The van der Waals surface area contributed by atoms with Gasteiger partial charge in [0.2, 0.25) is 0 Å². The van der Waals surface area contributed by atoms with Crippen molar-refractivity contribution in [3.8, 4) is 0 Å². The third kappa shape index (κ3) is 3.33. The lowest BCUT2D eigenvalue weighted by Crippen LogP contribution is -1.91. The predicted octanol–water partition coefficient (Wildman–Crippen LogP) is 3.10. The number of aliphatic hydroxyl groups is 1. The molecule has 0 bridgehead atoms. The van der Waals surface area contributed by atoms with Gasteiger partial charge in [0.25, 0.3) is 0 Å². The smallest absolute Gasteiger partial charge is 0.0434 e. The quantitative estimate of drug-likeness (QED) is 0.840. The number of rotatable bonds is 4. The second kappa shape index (κ2) is 5.68. The SMILES string of the molecule is CSc1ccc(Br)c(CCCO)c1. The van der Waals surface area contributed by atoms with Crippen LogP contribution < -0.4 is 0 Å². The van der Waals surface area contributed by atoms with Crippen molar-refractivity contribution in [3.05, 3.63) is 28.2 Å². The van der Waals surface area contributed by atoms with E-state index in [1.165, 1.54) is 10.5 Å². The van der Waals surface area contributed by atoms with E-state index in [1.54, 1.807) is 11.8 Å². The van der Waals surface area contributed by atoms with Crippen LogP contribution in [0, 0.1) is 0 Å². The second-order valence-corrected chi connectivity index (χ2v) is 4.52. The summed E-state index contributed by atoms with van der Waals surface area (Å²) in [6, 6.07) is 6.33. The van der Waals surface area contributed by atoms with Crippen LogP contribution >= 0.6 is 27.7 Å². The third-order valence-electron chi connectivity index (χ3n) is 1.86. The molecule has 0 aliphatic carbocycles. The number of aryl methyl sites for hydroxylation is 1. The van der Waals surface area contributed by atoms with Crippen molar-refractivity contribution in [3.63, 3.8) is 0 Å². The van der Waals surface area contributed by atoms with Crippen LogP contribution in [0.5, 0.6) is 0 Å². The maximum absolute atomic E-state index is 8.72. The van der Waals surface area contributed by atoms with Crippen LogP contribution in [0.1, 0.15) is 12.0 Å². The Balaban J connectivity index is 2.78. The van der Waals surface area contributed by atoms with Gasteiger partial charge in [-0.05, 0) is 42.9 Å². The Hall–Kier alpha value is 0.01000. The molecule has 1 aromatic rings. The molecule has 13 heavy (non-hydrogen) atoms. The van der Waals surface area contributed by atoms with Crippen molar-refractivity contribution in [2.45, 2.75) is 17.7 Å². The van der Waals surface area contributed by atoms with E-state index >= 15 is 0 Å². The van der Waals surface area contributed by atoms with E-state index in [1.807, 2.05) is 0 Å². The van der Waals surface area contributed by atoms with Gasteiger partial charge >= 0.3 is 0 Å². The molecule has 1 nitrogen and oxygen atoms in total. The molecule has 0 spiro atoms. The zero-order valence-corrected chi connectivity index (χ0v) is 9.99. The molecular formula is C10H13BrOS. The number of hydrogen-bond acceptors (Lipinski definition) is 2. The average molecular weight is 261 g/mol. The lowest BCUT2D eigenvalue weighted by Gasteiger charge is -2.05. The van der Waals surface area contributed by atoms with E-state index in [9.17, 15) is 0 Å². The van der Waals surface area contributed by atoms with Gasteiger partial charge in [0.15, 0.2) is 0 Å². The van der Waals surface area contributed by atoms with Crippen LogP contribution in [0.4, 0.5) is 0 Å². The first-order valence-electron chi connectivity index (χ1n) is 4.21. The molecule has 0 radical (unpaired) electrons. The van der Waals surface area contributed by atoms with Crippen molar-refractivity contribution >= 4 is 27.7 Å². The van der Waals surface area contributed by atoms with E-state index < -0.39 is 0 Å². The molecule has 0 saturated heterocycles. The van der Waals surface area contributed by atoms with Crippen LogP contribution in [-0.4, -0.2) is 18.0 Å². The number of benzene rings is 1. The van der Waals surface area contributed by atoms with Gasteiger partial charge in [-0.3, -0.25) is 0 Å². The average Bonchev–Trinajstić information content (AvgIpc) is 2.17. The summed E-state index contributed by atoms with van der Waals surface area (Å²) in [5, 5.41) is 8.72. The minimum atomic E-state index is 0.260. The molecule has 0 atom stereocenters. The first-order valence-corrected chi connectivity index (χ1v) is 6.23. The monoisotopic (exact) mass is 260 g/mol. The highest BCUT2D eigenvalue weighted by molar-refractivity contribution is 9.10. The molecule has 0 saturated carbocycles. The van der Waals surface area contributed by atoms with Crippen molar-refractivity contribution in [1.29, 1.82) is 0 Å².